The highest BCUT2D eigenvalue weighted by Crippen LogP contribution is 2.25. The van der Waals surface area contributed by atoms with Crippen LogP contribution >= 0.6 is 0 Å². The molecule has 0 spiro atoms. The van der Waals surface area contributed by atoms with E-state index < -0.39 is 10.0 Å². The number of hydrogen-bond donors (Lipinski definition) is 0. The van der Waals surface area contributed by atoms with Crippen LogP contribution in [0, 0.1) is 0 Å². The highest BCUT2D eigenvalue weighted by atomic mass is 32.2. The summed E-state index contributed by atoms with van der Waals surface area (Å²) in [7, 11) is -3.83. The summed E-state index contributed by atoms with van der Waals surface area (Å²) in [6, 6.07) is 19.3. The lowest BCUT2D eigenvalue weighted by atomic mass is 10.2. The minimum atomic E-state index is -3.83. The summed E-state index contributed by atoms with van der Waals surface area (Å²) in [5, 5.41) is 0. The average Bonchev–Trinajstić information content (AvgIpc) is 3.47. The molecular weight excluding hydrogens is 416 g/mol. The molecule has 0 atom stereocenters. The number of sulfonamides is 1. The van der Waals surface area contributed by atoms with E-state index in [9.17, 15) is 8.42 Å². The fourth-order valence-electron chi connectivity index (χ4n) is 3.10. The first kappa shape index (κ1) is 20.9. The second kappa shape index (κ2) is 9.20. The molecule has 160 valence electrons. The summed E-state index contributed by atoms with van der Waals surface area (Å²) in [6.45, 7) is 2.48. The molecule has 7 nitrogen and oxygen atoms in total. The number of benzene rings is 2. The number of furan rings is 1. The largest absolute Gasteiger partial charge is 0.494 e. The van der Waals surface area contributed by atoms with Crippen molar-refractivity contribution in [3.63, 3.8) is 0 Å². The maximum absolute atomic E-state index is 13.4. The second-order valence-corrected chi connectivity index (χ2v) is 8.70. The topological polar surface area (TPSA) is 85.8 Å². The third kappa shape index (κ3) is 4.87. The normalized spacial score (nSPS) is 11.7. The zero-order valence-electron chi connectivity index (χ0n) is 17.0. The maximum Gasteiger partial charge on any atom is 0.243 e. The molecule has 0 N–H and O–H groups in total. The zero-order chi connectivity index (χ0) is 21.7. The maximum atomic E-state index is 13.4. The first-order valence-electron chi connectivity index (χ1n) is 9.81. The number of hydrogen-bond acceptors (Lipinski definition) is 6. The van der Waals surface area contributed by atoms with Gasteiger partial charge in [0.1, 0.15) is 17.8 Å². The highest BCUT2D eigenvalue weighted by Gasteiger charge is 2.27. The molecule has 0 bridgehead atoms. The van der Waals surface area contributed by atoms with Crippen molar-refractivity contribution in [2.75, 3.05) is 6.61 Å². The third-order valence-electron chi connectivity index (χ3n) is 4.60. The molecule has 0 unspecified atom stereocenters. The fourth-order valence-corrected chi connectivity index (χ4v) is 4.48. The lowest BCUT2D eigenvalue weighted by molar-refractivity contribution is 0.339. The van der Waals surface area contributed by atoms with Gasteiger partial charge in [0.05, 0.1) is 36.5 Å². The second-order valence-electron chi connectivity index (χ2n) is 6.77. The van der Waals surface area contributed by atoms with Crippen LogP contribution in [0.1, 0.15) is 18.4 Å². The Morgan fingerprint density at radius 1 is 0.935 bits per heavy atom. The standard InChI is InChI=1S/C23H22N2O5S/c1-2-28-20-10-12-22(13-11-20)31(26,27)25(16-21-9-6-14-29-21)15-19-17-30-23(24-19)18-7-4-3-5-8-18/h3-14,17H,2,15-16H2,1H3. The van der Waals surface area contributed by atoms with Crippen molar-refractivity contribution >= 4 is 10.0 Å². The molecule has 0 saturated heterocycles. The Balaban J connectivity index is 1.62. The zero-order valence-corrected chi connectivity index (χ0v) is 17.8. The van der Waals surface area contributed by atoms with Crippen LogP contribution in [-0.2, 0) is 23.1 Å². The van der Waals surface area contributed by atoms with E-state index in [2.05, 4.69) is 4.98 Å². The van der Waals surface area contributed by atoms with Crippen molar-refractivity contribution in [2.24, 2.45) is 0 Å². The van der Waals surface area contributed by atoms with Crippen molar-refractivity contribution in [2.45, 2.75) is 24.9 Å². The molecule has 0 radical (unpaired) electrons. The molecule has 8 heteroatoms. The third-order valence-corrected chi connectivity index (χ3v) is 6.40. The molecule has 0 aliphatic heterocycles. The number of nitrogens with zero attached hydrogens (tertiary/aromatic N) is 2. The van der Waals surface area contributed by atoms with Crippen LogP contribution in [0.2, 0.25) is 0 Å². The molecule has 2 heterocycles. The summed E-state index contributed by atoms with van der Waals surface area (Å²) >= 11 is 0. The minimum Gasteiger partial charge on any atom is -0.494 e. The van der Waals surface area contributed by atoms with Gasteiger partial charge < -0.3 is 13.6 Å². The van der Waals surface area contributed by atoms with Gasteiger partial charge in [0, 0.05) is 5.56 Å². The Morgan fingerprint density at radius 3 is 2.39 bits per heavy atom. The molecule has 2 aromatic carbocycles. The quantitative estimate of drug-likeness (QED) is 0.376. The van der Waals surface area contributed by atoms with Gasteiger partial charge in [0.25, 0.3) is 0 Å². The van der Waals surface area contributed by atoms with Crippen molar-refractivity contribution in [3.05, 3.63) is 90.7 Å². The molecule has 4 rings (SSSR count). The number of ether oxygens (including phenoxy) is 1. The van der Waals surface area contributed by atoms with Crippen LogP contribution in [0.5, 0.6) is 5.75 Å². The van der Waals surface area contributed by atoms with E-state index in [1.165, 1.54) is 29.0 Å². The van der Waals surface area contributed by atoms with E-state index in [1.807, 2.05) is 37.3 Å². The Hall–Kier alpha value is -3.36. The van der Waals surface area contributed by atoms with Crippen LogP contribution in [-0.4, -0.2) is 24.3 Å². The van der Waals surface area contributed by atoms with E-state index >= 15 is 0 Å². The summed E-state index contributed by atoms with van der Waals surface area (Å²) in [6.07, 6.45) is 2.99. The van der Waals surface area contributed by atoms with Gasteiger partial charge in [-0.2, -0.15) is 4.31 Å². The van der Waals surface area contributed by atoms with E-state index in [1.54, 1.807) is 24.3 Å². The Morgan fingerprint density at radius 2 is 1.71 bits per heavy atom. The van der Waals surface area contributed by atoms with Gasteiger partial charge in [-0.1, -0.05) is 18.2 Å². The Labute approximate surface area is 181 Å². The van der Waals surface area contributed by atoms with Gasteiger partial charge in [-0.3, -0.25) is 0 Å². The smallest absolute Gasteiger partial charge is 0.243 e. The van der Waals surface area contributed by atoms with Gasteiger partial charge in [-0.25, -0.2) is 13.4 Å². The predicted octanol–water partition coefficient (Wildman–Crippen LogP) is 4.72. The van der Waals surface area contributed by atoms with Gasteiger partial charge in [-0.05, 0) is 55.5 Å². The molecule has 0 amide bonds. The van der Waals surface area contributed by atoms with E-state index in [-0.39, 0.29) is 18.0 Å². The van der Waals surface area contributed by atoms with Gasteiger partial charge in [-0.15, -0.1) is 0 Å². The molecule has 0 aliphatic rings. The van der Waals surface area contributed by atoms with Crippen LogP contribution < -0.4 is 4.74 Å². The lowest BCUT2D eigenvalue weighted by Crippen LogP contribution is -2.30. The molecular formula is C23H22N2O5S. The van der Waals surface area contributed by atoms with Crippen molar-refractivity contribution in [1.29, 1.82) is 0 Å². The average molecular weight is 439 g/mol. The molecule has 4 aromatic rings. The van der Waals surface area contributed by atoms with Crippen LogP contribution in [0.25, 0.3) is 11.5 Å². The van der Waals surface area contributed by atoms with Crippen molar-refractivity contribution in [3.8, 4) is 17.2 Å². The molecule has 0 aliphatic carbocycles. The fraction of sp³-hybridized carbons (Fsp3) is 0.174. The minimum absolute atomic E-state index is 0.0343. The van der Waals surface area contributed by atoms with E-state index in [4.69, 9.17) is 13.6 Å². The Kier molecular flexibility index (Phi) is 6.20. The van der Waals surface area contributed by atoms with Gasteiger partial charge >= 0.3 is 0 Å². The van der Waals surface area contributed by atoms with E-state index in [0.29, 0.717) is 29.7 Å². The monoisotopic (exact) mass is 438 g/mol. The molecule has 0 fully saturated rings. The highest BCUT2D eigenvalue weighted by molar-refractivity contribution is 7.89. The van der Waals surface area contributed by atoms with Crippen LogP contribution in [0.4, 0.5) is 0 Å². The lowest BCUT2D eigenvalue weighted by Gasteiger charge is -2.20. The van der Waals surface area contributed by atoms with Gasteiger partial charge in [0.2, 0.25) is 15.9 Å². The Bertz CT molecular complexity index is 1200. The predicted molar refractivity (Wildman–Crippen MR) is 115 cm³/mol. The summed E-state index contributed by atoms with van der Waals surface area (Å²) < 4.78 is 44.5. The number of oxazole rings is 1. The van der Waals surface area contributed by atoms with Crippen LogP contribution in [0.15, 0.2) is 93.0 Å². The van der Waals surface area contributed by atoms with Crippen LogP contribution in [0.3, 0.4) is 0 Å². The summed E-state index contributed by atoms with van der Waals surface area (Å²) in [4.78, 5) is 4.63. The van der Waals surface area contributed by atoms with Crippen molar-refractivity contribution < 1.29 is 22.0 Å². The summed E-state index contributed by atoms with van der Waals surface area (Å²) in [5.41, 5.74) is 1.32. The first-order valence-corrected chi connectivity index (χ1v) is 11.3. The van der Waals surface area contributed by atoms with Gasteiger partial charge in [0.15, 0.2) is 0 Å². The SMILES string of the molecule is CCOc1ccc(S(=O)(=O)N(Cc2coc(-c3ccccc3)n2)Cc2ccco2)cc1. The summed E-state index contributed by atoms with van der Waals surface area (Å²) in [5.74, 6) is 1.58. The molecule has 31 heavy (non-hydrogen) atoms. The van der Waals surface area contributed by atoms with E-state index in [0.717, 1.165) is 5.56 Å². The molecule has 0 saturated carbocycles. The number of rotatable bonds is 9. The molecule has 2 aromatic heterocycles. The number of aromatic nitrogens is 1. The first-order chi connectivity index (χ1) is 15.1. The van der Waals surface area contributed by atoms with Crippen molar-refractivity contribution in [1.82, 2.24) is 9.29 Å².